The first-order valence-corrected chi connectivity index (χ1v) is 7.54. The lowest BCUT2D eigenvalue weighted by atomic mass is 10.1. The molecule has 1 aromatic carbocycles. The molecule has 0 saturated carbocycles. The van der Waals surface area contributed by atoms with Gasteiger partial charge in [0.05, 0.1) is 11.4 Å². The second-order valence-corrected chi connectivity index (χ2v) is 6.22. The number of aryl methyl sites for hydroxylation is 2. The highest BCUT2D eigenvalue weighted by Crippen LogP contribution is 2.15. The molecule has 0 amide bonds. The van der Waals surface area contributed by atoms with E-state index >= 15 is 0 Å². The van der Waals surface area contributed by atoms with Crippen LogP contribution in [0.1, 0.15) is 17.0 Å². The third-order valence-electron chi connectivity index (χ3n) is 2.92. The molecule has 20 heavy (non-hydrogen) atoms. The number of sulfonamides is 1. The Morgan fingerprint density at radius 2 is 2.15 bits per heavy atom. The predicted octanol–water partition coefficient (Wildman–Crippen LogP) is 0.0607. The van der Waals surface area contributed by atoms with E-state index in [1.165, 1.54) is 11.0 Å². The van der Waals surface area contributed by atoms with Gasteiger partial charge in [0, 0.05) is 13.6 Å². The number of nitrogens with zero attached hydrogens (tertiary/aromatic N) is 3. The number of rotatable bonds is 5. The number of nitrogens with one attached hydrogen (secondary N) is 1. The lowest BCUT2D eigenvalue weighted by Crippen LogP contribution is -2.24. The van der Waals surface area contributed by atoms with Gasteiger partial charge in [-0.15, -0.1) is 0 Å². The minimum Gasteiger partial charge on any atom is -0.326 e. The average Bonchev–Trinajstić information content (AvgIpc) is 2.83. The minimum atomic E-state index is -3.59. The number of aromatic nitrogens is 3. The molecule has 0 aliphatic carbocycles. The normalized spacial score (nSPS) is 11.8. The molecule has 1 aromatic heterocycles. The number of hydrogen-bond acceptors (Lipinski definition) is 5. The Hall–Kier alpha value is -1.77. The van der Waals surface area contributed by atoms with E-state index in [2.05, 4.69) is 14.8 Å². The van der Waals surface area contributed by atoms with Crippen molar-refractivity contribution in [2.45, 2.75) is 24.9 Å². The molecule has 2 rings (SSSR count). The Bertz CT molecular complexity index is 708. The van der Waals surface area contributed by atoms with Gasteiger partial charge >= 0.3 is 0 Å². The molecule has 108 valence electrons. The smallest absolute Gasteiger partial charge is 0.240 e. The summed E-state index contributed by atoms with van der Waals surface area (Å²) in [7, 11) is -1.87. The summed E-state index contributed by atoms with van der Waals surface area (Å²) in [5.41, 5.74) is 7.37. The van der Waals surface area contributed by atoms with Crippen LogP contribution in [0.25, 0.3) is 0 Å². The summed E-state index contributed by atoms with van der Waals surface area (Å²) in [6.45, 7) is 2.25. The molecular formula is C12H17N5O2S. The molecule has 0 saturated heterocycles. The SMILES string of the molecule is Cc1ccc(S(=O)(=O)NCc2ncn(C)n2)cc1CN. The molecule has 3 N–H and O–H groups in total. The van der Waals surface area contributed by atoms with Crippen molar-refractivity contribution in [3.05, 3.63) is 41.5 Å². The van der Waals surface area contributed by atoms with Crippen molar-refractivity contribution in [2.75, 3.05) is 0 Å². The maximum atomic E-state index is 12.2. The van der Waals surface area contributed by atoms with Gasteiger partial charge in [-0.25, -0.2) is 18.1 Å². The highest BCUT2D eigenvalue weighted by atomic mass is 32.2. The van der Waals surface area contributed by atoms with E-state index in [1.807, 2.05) is 6.92 Å². The largest absolute Gasteiger partial charge is 0.326 e. The van der Waals surface area contributed by atoms with Crippen LogP contribution in [0.15, 0.2) is 29.4 Å². The molecule has 1 heterocycles. The third-order valence-corrected chi connectivity index (χ3v) is 4.32. The Morgan fingerprint density at radius 1 is 1.40 bits per heavy atom. The van der Waals surface area contributed by atoms with Gasteiger partial charge in [-0.05, 0) is 30.2 Å². The van der Waals surface area contributed by atoms with Crippen LogP contribution < -0.4 is 10.5 Å². The monoisotopic (exact) mass is 295 g/mol. The topological polar surface area (TPSA) is 103 Å². The van der Waals surface area contributed by atoms with Crippen LogP contribution in [-0.4, -0.2) is 23.2 Å². The first-order chi connectivity index (χ1) is 9.42. The molecule has 0 unspecified atom stereocenters. The van der Waals surface area contributed by atoms with E-state index in [4.69, 9.17) is 5.73 Å². The van der Waals surface area contributed by atoms with Crippen LogP contribution in [0.4, 0.5) is 0 Å². The summed E-state index contributed by atoms with van der Waals surface area (Å²) >= 11 is 0. The van der Waals surface area contributed by atoms with Crippen LogP contribution in [0.2, 0.25) is 0 Å². The van der Waals surface area contributed by atoms with E-state index in [0.29, 0.717) is 12.4 Å². The number of hydrogen-bond donors (Lipinski definition) is 2. The first kappa shape index (κ1) is 14.6. The fourth-order valence-electron chi connectivity index (χ4n) is 1.74. The summed E-state index contributed by atoms with van der Waals surface area (Å²) in [5, 5.41) is 4.01. The molecule has 0 spiro atoms. The summed E-state index contributed by atoms with van der Waals surface area (Å²) in [5.74, 6) is 0.419. The maximum Gasteiger partial charge on any atom is 0.240 e. The van der Waals surface area contributed by atoms with Crippen LogP contribution in [-0.2, 0) is 30.2 Å². The molecular weight excluding hydrogens is 278 g/mol. The standard InChI is InChI=1S/C12H17N5O2S/c1-9-3-4-11(5-10(9)6-13)20(18,19)15-7-12-14-8-17(2)16-12/h3-5,8,15H,6-7,13H2,1-2H3. The molecule has 0 atom stereocenters. The van der Waals surface area contributed by atoms with Gasteiger partial charge in [0.1, 0.15) is 6.33 Å². The lowest BCUT2D eigenvalue weighted by molar-refractivity contribution is 0.578. The first-order valence-electron chi connectivity index (χ1n) is 6.06. The summed E-state index contributed by atoms with van der Waals surface area (Å²) < 4.78 is 28.3. The van der Waals surface area contributed by atoms with Crippen molar-refractivity contribution < 1.29 is 8.42 Å². The van der Waals surface area contributed by atoms with E-state index in [-0.39, 0.29) is 11.4 Å². The molecule has 0 aliphatic rings. The van der Waals surface area contributed by atoms with E-state index in [9.17, 15) is 8.42 Å². The van der Waals surface area contributed by atoms with Gasteiger partial charge in [-0.1, -0.05) is 6.07 Å². The van der Waals surface area contributed by atoms with E-state index in [0.717, 1.165) is 11.1 Å². The fraction of sp³-hybridized carbons (Fsp3) is 0.333. The molecule has 0 bridgehead atoms. The Labute approximate surface area is 117 Å². The summed E-state index contributed by atoms with van der Waals surface area (Å²) in [6, 6.07) is 4.89. The molecule has 2 aromatic rings. The molecule has 0 fully saturated rings. The second kappa shape index (κ2) is 5.70. The zero-order chi connectivity index (χ0) is 14.8. The highest BCUT2D eigenvalue weighted by Gasteiger charge is 2.15. The third kappa shape index (κ3) is 3.21. The van der Waals surface area contributed by atoms with Crippen molar-refractivity contribution in [1.29, 1.82) is 0 Å². The van der Waals surface area contributed by atoms with Gasteiger partial charge in [-0.2, -0.15) is 5.10 Å². The fourth-order valence-corrected chi connectivity index (χ4v) is 2.77. The van der Waals surface area contributed by atoms with Crippen LogP contribution in [0.5, 0.6) is 0 Å². The van der Waals surface area contributed by atoms with Gasteiger partial charge in [0.2, 0.25) is 10.0 Å². The van der Waals surface area contributed by atoms with E-state index in [1.54, 1.807) is 25.2 Å². The Kier molecular flexibility index (Phi) is 4.17. The van der Waals surface area contributed by atoms with Crippen molar-refractivity contribution in [2.24, 2.45) is 12.8 Å². The van der Waals surface area contributed by atoms with Crippen molar-refractivity contribution >= 4 is 10.0 Å². The number of benzene rings is 1. The average molecular weight is 295 g/mol. The van der Waals surface area contributed by atoms with Gasteiger partial charge in [0.15, 0.2) is 5.82 Å². The maximum absolute atomic E-state index is 12.2. The second-order valence-electron chi connectivity index (χ2n) is 4.45. The molecule has 7 nitrogen and oxygen atoms in total. The zero-order valence-electron chi connectivity index (χ0n) is 11.4. The molecule has 8 heteroatoms. The van der Waals surface area contributed by atoms with Crippen molar-refractivity contribution in [3.63, 3.8) is 0 Å². The quantitative estimate of drug-likeness (QED) is 0.812. The molecule has 0 radical (unpaired) electrons. The van der Waals surface area contributed by atoms with Gasteiger partial charge in [-0.3, -0.25) is 4.68 Å². The Balaban J connectivity index is 2.17. The van der Waals surface area contributed by atoms with Crippen LogP contribution >= 0.6 is 0 Å². The van der Waals surface area contributed by atoms with Crippen molar-refractivity contribution in [3.8, 4) is 0 Å². The van der Waals surface area contributed by atoms with Crippen LogP contribution in [0, 0.1) is 6.92 Å². The number of nitrogens with two attached hydrogens (primary N) is 1. The zero-order valence-corrected chi connectivity index (χ0v) is 12.2. The predicted molar refractivity (Wildman–Crippen MR) is 74.1 cm³/mol. The summed E-state index contributed by atoms with van der Waals surface area (Å²) in [4.78, 5) is 4.16. The van der Waals surface area contributed by atoms with E-state index < -0.39 is 10.0 Å². The highest BCUT2D eigenvalue weighted by molar-refractivity contribution is 7.89. The summed E-state index contributed by atoms with van der Waals surface area (Å²) in [6.07, 6.45) is 1.52. The van der Waals surface area contributed by atoms with Gasteiger partial charge in [0.25, 0.3) is 0 Å². The van der Waals surface area contributed by atoms with Crippen molar-refractivity contribution in [1.82, 2.24) is 19.5 Å². The molecule has 0 aliphatic heterocycles. The Morgan fingerprint density at radius 3 is 2.75 bits per heavy atom. The minimum absolute atomic E-state index is 0.0506. The van der Waals surface area contributed by atoms with Crippen LogP contribution in [0.3, 0.4) is 0 Å². The lowest BCUT2D eigenvalue weighted by Gasteiger charge is -2.08. The van der Waals surface area contributed by atoms with Gasteiger partial charge < -0.3 is 5.73 Å².